The zero-order valence-electron chi connectivity index (χ0n) is 13.9. The zero-order valence-corrected chi connectivity index (χ0v) is 13.9. The third-order valence-corrected chi connectivity index (χ3v) is 3.55. The Morgan fingerprint density at radius 2 is 1.84 bits per heavy atom. The fraction of sp³-hybridized carbons (Fsp3) is 0.278. The average molecular weight is 344 g/mol. The molecule has 7 nitrogen and oxygen atoms in total. The zero-order chi connectivity index (χ0) is 17.5. The lowest BCUT2D eigenvalue weighted by molar-refractivity contribution is -0.115. The topological polar surface area (TPSA) is 78.1 Å². The minimum Gasteiger partial charge on any atom is -0.497 e. The van der Waals surface area contributed by atoms with E-state index in [0.717, 1.165) is 11.5 Å². The molecular formula is C18H20N2O5. The first-order valence-corrected chi connectivity index (χ1v) is 7.91. The first-order valence-electron chi connectivity index (χ1n) is 7.91. The third kappa shape index (κ3) is 4.77. The van der Waals surface area contributed by atoms with Crippen molar-refractivity contribution in [3.8, 4) is 23.0 Å². The molecule has 1 amide bonds. The van der Waals surface area contributed by atoms with Crippen LogP contribution in [0.25, 0.3) is 0 Å². The fourth-order valence-electron chi connectivity index (χ4n) is 2.29. The second kappa shape index (κ2) is 8.25. The first-order chi connectivity index (χ1) is 12.2. The van der Waals surface area contributed by atoms with Gasteiger partial charge in [0.1, 0.15) is 18.1 Å². The number of carbonyl (C=O) groups excluding carboxylic acids is 1. The number of amides is 1. The maximum Gasteiger partial charge on any atom is 0.238 e. The molecule has 0 atom stereocenters. The van der Waals surface area contributed by atoms with Gasteiger partial charge in [0.15, 0.2) is 11.5 Å². The Morgan fingerprint density at radius 3 is 2.64 bits per heavy atom. The monoisotopic (exact) mass is 344 g/mol. The molecule has 25 heavy (non-hydrogen) atoms. The van der Waals surface area contributed by atoms with E-state index in [1.165, 1.54) is 0 Å². The quantitative estimate of drug-likeness (QED) is 0.714. The summed E-state index contributed by atoms with van der Waals surface area (Å²) in [5, 5.41) is 5.83. The number of anilines is 1. The molecule has 3 rings (SSSR count). The minimum absolute atomic E-state index is 0.136. The molecule has 0 unspecified atom stereocenters. The summed E-state index contributed by atoms with van der Waals surface area (Å²) < 4.78 is 21.2. The van der Waals surface area contributed by atoms with Gasteiger partial charge < -0.3 is 29.6 Å². The van der Waals surface area contributed by atoms with E-state index in [2.05, 4.69) is 10.6 Å². The molecule has 0 saturated carbocycles. The molecule has 0 radical (unpaired) electrons. The van der Waals surface area contributed by atoms with E-state index in [0.29, 0.717) is 30.3 Å². The first kappa shape index (κ1) is 16.9. The van der Waals surface area contributed by atoms with Gasteiger partial charge in [-0.05, 0) is 36.4 Å². The van der Waals surface area contributed by atoms with Gasteiger partial charge in [-0.25, -0.2) is 0 Å². The molecule has 7 heteroatoms. The van der Waals surface area contributed by atoms with Crippen LogP contribution < -0.4 is 29.6 Å². The maximum atomic E-state index is 11.9. The second-order valence-electron chi connectivity index (χ2n) is 5.32. The normalized spacial score (nSPS) is 11.9. The van der Waals surface area contributed by atoms with Gasteiger partial charge in [-0.15, -0.1) is 0 Å². The number of fused-ring (bicyclic) bond motifs is 1. The molecule has 0 fully saturated rings. The van der Waals surface area contributed by atoms with Crippen molar-refractivity contribution in [1.82, 2.24) is 5.32 Å². The second-order valence-corrected chi connectivity index (χ2v) is 5.32. The predicted molar refractivity (Wildman–Crippen MR) is 92.6 cm³/mol. The summed E-state index contributed by atoms with van der Waals surface area (Å²) in [5.74, 6) is 2.73. The lowest BCUT2D eigenvalue weighted by atomic mass is 10.3. The van der Waals surface area contributed by atoms with Crippen LogP contribution in [-0.2, 0) is 4.79 Å². The van der Waals surface area contributed by atoms with Gasteiger partial charge in [0.2, 0.25) is 12.7 Å². The fourth-order valence-corrected chi connectivity index (χ4v) is 2.29. The van der Waals surface area contributed by atoms with Gasteiger partial charge in [0.05, 0.1) is 13.7 Å². The van der Waals surface area contributed by atoms with Gasteiger partial charge in [0, 0.05) is 18.3 Å². The third-order valence-electron chi connectivity index (χ3n) is 3.55. The van der Waals surface area contributed by atoms with Crippen LogP contribution in [0.15, 0.2) is 42.5 Å². The molecule has 0 aromatic heterocycles. The number of benzene rings is 2. The molecule has 132 valence electrons. The lowest BCUT2D eigenvalue weighted by Gasteiger charge is -2.09. The number of carbonyl (C=O) groups is 1. The summed E-state index contributed by atoms with van der Waals surface area (Å²) >= 11 is 0. The molecular weight excluding hydrogens is 324 g/mol. The molecule has 2 aromatic rings. The highest BCUT2D eigenvalue weighted by Crippen LogP contribution is 2.34. The molecule has 0 spiro atoms. The summed E-state index contributed by atoms with van der Waals surface area (Å²) in [7, 11) is 1.62. The molecule has 0 bridgehead atoms. The van der Waals surface area contributed by atoms with E-state index in [4.69, 9.17) is 18.9 Å². The van der Waals surface area contributed by atoms with Crippen molar-refractivity contribution in [3.05, 3.63) is 42.5 Å². The van der Waals surface area contributed by atoms with E-state index < -0.39 is 0 Å². The summed E-state index contributed by atoms with van der Waals surface area (Å²) in [5.41, 5.74) is 0.672. The summed E-state index contributed by atoms with van der Waals surface area (Å²) in [6.07, 6.45) is 0. The lowest BCUT2D eigenvalue weighted by Crippen LogP contribution is -2.31. The SMILES string of the molecule is COc1ccc(OCCNCC(=O)Nc2ccc3c(c2)OCO3)cc1. The Balaban J connectivity index is 1.33. The van der Waals surface area contributed by atoms with Gasteiger partial charge in [0.25, 0.3) is 0 Å². The molecule has 2 aromatic carbocycles. The van der Waals surface area contributed by atoms with E-state index >= 15 is 0 Å². The van der Waals surface area contributed by atoms with Gasteiger partial charge in [-0.1, -0.05) is 0 Å². The van der Waals surface area contributed by atoms with Gasteiger partial charge in [-0.2, -0.15) is 0 Å². The average Bonchev–Trinajstić information content (AvgIpc) is 3.09. The van der Waals surface area contributed by atoms with Crippen LogP contribution in [0.5, 0.6) is 23.0 Å². The largest absolute Gasteiger partial charge is 0.497 e. The highest BCUT2D eigenvalue weighted by atomic mass is 16.7. The number of methoxy groups -OCH3 is 1. The Hall–Kier alpha value is -2.93. The summed E-state index contributed by atoms with van der Waals surface area (Å²) in [6.45, 7) is 1.42. The van der Waals surface area contributed by atoms with Crippen molar-refractivity contribution in [3.63, 3.8) is 0 Å². The molecule has 1 aliphatic heterocycles. The number of ether oxygens (including phenoxy) is 4. The number of hydrogen-bond donors (Lipinski definition) is 2. The van der Waals surface area contributed by atoms with Crippen LogP contribution in [0.2, 0.25) is 0 Å². The molecule has 1 aliphatic rings. The van der Waals surface area contributed by atoms with Crippen molar-refractivity contribution >= 4 is 11.6 Å². The summed E-state index contributed by atoms with van der Waals surface area (Å²) in [4.78, 5) is 11.9. The molecule has 0 aliphatic carbocycles. The van der Waals surface area contributed by atoms with E-state index in [1.807, 2.05) is 24.3 Å². The minimum atomic E-state index is -0.136. The van der Waals surface area contributed by atoms with Crippen LogP contribution in [0.3, 0.4) is 0 Å². The van der Waals surface area contributed by atoms with Crippen LogP contribution >= 0.6 is 0 Å². The molecule has 0 saturated heterocycles. The number of rotatable bonds is 8. The van der Waals surface area contributed by atoms with Crippen LogP contribution in [0.4, 0.5) is 5.69 Å². The molecule has 2 N–H and O–H groups in total. The Labute approximate surface area is 145 Å². The Morgan fingerprint density at radius 1 is 1.08 bits per heavy atom. The summed E-state index contributed by atoms with van der Waals surface area (Å²) in [6, 6.07) is 12.6. The van der Waals surface area contributed by atoms with Crippen molar-refractivity contribution in [2.75, 3.05) is 38.9 Å². The maximum absolute atomic E-state index is 11.9. The van der Waals surface area contributed by atoms with Crippen LogP contribution in [-0.4, -0.2) is 39.5 Å². The van der Waals surface area contributed by atoms with E-state index in [-0.39, 0.29) is 19.2 Å². The van der Waals surface area contributed by atoms with Crippen molar-refractivity contribution in [2.45, 2.75) is 0 Å². The van der Waals surface area contributed by atoms with Gasteiger partial charge >= 0.3 is 0 Å². The molecule has 1 heterocycles. The van der Waals surface area contributed by atoms with Crippen LogP contribution in [0, 0.1) is 0 Å². The highest BCUT2D eigenvalue weighted by Gasteiger charge is 2.13. The van der Waals surface area contributed by atoms with Crippen LogP contribution in [0.1, 0.15) is 0 Å². The highest BCUT2D eigenvalue weighted by molar-refractivity contribution is 5.92. The van der Waals surface area contributed by atoms with Crippen molar-refractivity contribution in [2.24, 2.45) is 0 Å². The Bertz CT molecular complexity index is 718. The van der Waals surface area contributed by atoms with Gasteiger partial charge in [-0.3, -0.25) is 4.79 Å². The number of nitrogens with one attached hydrogen (secondary N) is 2. The standard InChI is InChI=1S/C18H20N2O5/c1-22-14-3-5-15(6-4-14)23-9-8-19-11-18(21)20-13-2-7-16-17(10-13)25-12-24-16/h2-7,10,19H,8-9,11-12H2,1H3,(H,20,21). The van der Waals surface area contributed by atoms with E-state index in [9.17, 15) is 4.79 Å². The Kier molecular flexibility index (Phi) is 5.58. The predicted octanol–water partition coefficient (Wildman–Crippen LogP) is 2.03. The van der Waals surface area contributed by atoms with E-state index in [1.54, 1.807) is 25.3 Å². The number of hydrogen-bond acceptors (Lipinski definition) is 6. The van der Waals surface area contributed by atoms with Crippen molar-refractivity contribution in [1.29, 1.82) is 0 Å². The smallest absolute Gasteiger partial charge is 0.238 e. The van der Waals surface area contributed by atoms with Crippen molar-refractivity contribution < 1.29 is 23.7 Å².